The molecule has 104 valence electrons. The molecule has 0 aromatic heterocycles. The molecule has 2 aromatic carbocycles. The van der Waals surface area contributed by atoms with Crippen LogP contribution in [0.3, 0.4) is 0 Å². The first-order chi connectivity index (χ1) is 9.72. The van der Waals surface area contributed by atoms with Gasteiger partial charge in [-0.1, -0.05) is 30.3 Å². The molecule has 0 fully saturated rings. The summed E-state index contributed by atoms with van der Waals surface area (Å²) in [6, 6.07) is 15.3. The second kappa shape index (κ2) is 7.07. The fourth-order valence-corrected chi connectivity index (χ4v) is 2.38. The second-order valence-corrected chi connectivity index (χ2v) is 4.96. The van der Waals surface area contributed by atoms with Gasteiger partial charge in [0.25, 0.3) is 0 Å². The standard InChI is InChI=1S/C15H15BrN2O2/c1-20-15(19)14-11(6-5-9-13(14)16)10-17-18-12-7-3-2-4-8-12/h2-9,17-18H,10H2,1H3. The number of para-hydroxylation sites is 1. The molecule has 0 aliphatic rings. The Kier molecular flexibility index (Phi) is 5.15. The molecule has 0 saturated heterocycles. The number of nitrogens with one attached hydrogen (secondary N) is 2. The molecule has 20 heavy (non-hydrogen) atoms. The fraction of sp³-hybridized carbons (Fsp3) is 0.133. The van der Waals surface area contributed by atoms with E-state index in [1.165, 1.54) is 7.11 Å². The van der Waals surface area contributed by atoms with E-state index >= 15 is 0 Å². The molecule has 0 amide bonds. The lowest BCUT2D eigenvalue weighted by Gasteiger charge is -2.12. The predicted octanol–water partition coefficient (Wildman–Crippen LogP) is 3.35. The van der Waals surface area contributed by atoms with E-state index in [-0.39, 0.29) is 5.97 Å². The summed E-state index contributed by atoms with van der Waals surface area (Å²) in [6.07, 6.45) is 0. The first-order valence-electron chi connectivity index (χ1n) is 6.12. The molecule has 2 rings (SSSR count). The van der Waals surface area contributed by atoms with Gasteiger partial charge in [-0.15, -0.1) is 0 Å². The molecule has 0 heterocycles. The van der Waals surface area contributed by atoms with Gasteiger partial charge in [-0.05, 0) is 39.7 Å². The third-order valence-corrected chi connectivity index (χ3v) is 3.44. The first-order valence-corrected chi connectivity index (χ1v) is 6.91. The van der Waals surface area contributed by atoms with Crippen molar-refractivity contribution in [2.75, 3.05) is 12.5 Å². The number of benzene rings is 2. The van der Waals surface area contributed by atoms with Gasteiger partial charge in [0.1, 0.15) is 0 Å². The second-order valence-electron chi connectivity index (χ2n) is 4.11. The van der Waals surface area contributed by atoms with Crippen molar-refractivity contribution in [2.45, 2.75) is 6.54 Å². The maximum Gasteiger partial charge on any atom is 0.339 e. The summed E-state index contributed by atoms with van der Waals surface area (Å²) in [4.78, 5) is 11.8. The number of anilines is 1. The van der Waals surface area contributed by atoms with E-state index in [9.17, 15) is 4.79 Å². The van der Waals surface area contributed by atoms with Crippen molar-refractivity contribution in [3.05, 3.63) is 64.1 Å². The van der Waals surface area contributed by atoms with Crippen LogP contribution in [0.15, 0.2) is 53.0 Å². The van der Waals surface area contributed by atoms with E-state index in [0.29, 0.717) is 12.1 Å². The van der Waals surface area contributed by atoms with Crippen LogP contribution in [-0.4, -0.2) is 13.1 Å². The van der Waals surface area contributed by atoms with E-state index in [1.807, 2.05) is 48.5 Å². The average Bonchev–Trinajstić information content (AvgIpc) is 2.48. The van der Waals surface area contributed by atoms with E-state index < -0.39 is 0 Å². The average molecular weight is 335 g/mol. The molecular weight excluding hydrogens is 320 g/mol. The number of halogens is 1. The number of hydrogen-bond donors (Lipinski definition) is 2. The maximum atomic E-state index is 11.8. The van der Waals surface area contributed by atoms with Crippen molar-refractivity contribution in [2.24, 2.45) is 0 Å². The highest BCUT2D eigenvalue weighted by atomic mass is 79.9. The Morgan fingerprint density at radius 2 is 1.90 bits per heavy atom. The third-order valence-electron chi connectivity index (χ3n) is 2.77. The quantitative estimate of drug-likeness (QED) is 0.650. The number of hydrogen-bond acceptors (Lipinski definition) is 4. The number of ether oxygens (including phenoxy) is 1. The summed E-state index contributed by atoms with van der Waals surface area (Å²) >= 11 is 3.38. The van der Waals surface area contributed by atoms with Crippen molar-refractivity contribution in [1.82, 2.24) is 5.43 Å². The Bertz CT molecular complexity index is 588. The van der Waals surface area contributed by atoms with Crippen LogP contribution in [0.25, 0.3) is 0 Å². The van der Waals surface area contributed by atoms with Crippen LogP contribution >= 0.6 is 15.9 Å². The lowest BCUT2D eigenvalue weighted by atomic mass is 10.1. The number of hydrazine groups is 1. The minimum Gasteiger partial charge on any atom is -0.465 e. The maximum absolute atomic E-state index is 11.8. The van der Waals surface area contributed by atoms with Gasteiger partial charge in [0.05, 0.1) is 12.7 Å². The summed E-state index contributed by atoms with van der Waals surface area (Å²) in [5.41, 5.74) is 8.52. The van der Waals surface area contributed by atoms with Gasteiger partial charge in [-0.2, -0.15) is 0 Å². The minimum absolute atomic E-state index is 0.353. The van der Waals surface area contributed by atoms with Gasteiger partial charge in [0.15, 0.2) is 0 Å². The SMILES string of the molecule is COC(=O)c1c(Br)cccc1CNNc1ccccc1. The van der Waals surface area contributed by atoms with Gasteiger partial charge >= 0.3 is 5.97 Å². The Balaban J connectivity index is 2.06. The van der Waals surface area contributed by atoms with Crippen molar-refractivity contribution >= 4 is 27.6 Å². The monoisotopic (exact) mass is 334 g/mol. The fourth-order valence-electron chi connectivity index (χ4n) is 1.81. The topological polar surface area (TPSA) is 50.4 Å². The highest BCUT2D eigenvalue weighted by Crippen LogP contribution is 2.21. The highest BCUT2D eigenvalue weighted by Gasteiger charge is 2.14. The summed E-state index contributed by atoms with van der Waals surface area (Å²) in [6.45, 7) is 0.499. The van der Waals surface area contributed by atoms with Crippen LogP contribution in [0.1, 0.15) is 15.9 Å². The normalized spacial score (nSPS) is 10.1. The molecule has 2 N–H and O–H groups in total. The predicted molar refractivity (Wildman–Crippen MR) is 82.4 cm³/mol. The summed E-state index contributed by atoms with van der Waals surface area (Å²) < 4.78 is 5.53. The van der Waals surface area contributed by atoms with Gasteiger partial charge < -0.3 is 10.2 Å². The van der Waals surface area contributed by atoms with E-state index in [4.69, 9.17) is 4.74 Å². The molecule has 0 aliphatic carbocycles. The van der Waals surface area contributed by atoms with Gasteiger partial charge in [-0.3, -0.25) is 0 Å². The van der Waals surface area contributed by atoms with Crippen LogP contribution in [0, 0.1) is 0 Å². The molecule has 0 aliphatic heterocycles. The largest absolute Gasteiger partial charge is 0.465 e. The summed E-state index contributed by atoms with van der Waals surface area (Å²) in [5.74, 6) is -0.353. The molecular formula is C15H15BrN2O2. The van der Waals surface area contributed by atoms with Crippen molar-refractivity contribution in [1.29, 1.82) is 0 Å². The molecule has 0 radical (unpaired) electrons. The number of methoxy groups -OCH3 is 1. The number of rotatable bonds is 5. The zero-order valence-corrected chi connectivity index (χ0v) is 12.6. The first kappa shape index (κ1) is 14.6. The Morgan fingerprint density at radius 1 is 1.15 bits per heavy atom. The van der Waals surface area contributed by atoms with E-state index in [1.54, 1.807) is 0 Å². The number of carbonyl (C=O) groups is 1. The summed E-state index contributed by atoms with van der Waals surface area (Å²) in [5, 5.41) is 0. The van der Waals surface area contributed by atoms with Gasteiger partial charge in [0.2, 0.25) is 0 Å². The van der Waals surface area contributed by atoms with Gasteiger partial charge in [0, 0.05) is 16.7 Å². The minimum atomic E-state index is -0.353. The van der Waals surface area contributed by atoms with E-state index in [2.05, 4.69) is 26.8 Å². The van der Waals surface area contributed by atoms with Crippen molar-refractivity contribution < 1.29 is 9.53 Å². The zero-order valence-electron chi connectivity index (χ0n) is 11.0. The smallest absolute Gasteiger partial charge is 0.339 e. The molecule has 2 aromatic rings. The molecule has 0 bridgehead atoms. The zero-order chi connectivity index (χ0) is 14.4. The lowest BCUT2D eigenvalue weighted by molar-refractivity contribution is 0.0598. The Hall–Kier alpha value is -1.85. The lowest BCUT2D eigenvalue weighted by Crippen LogP contribution is -2.22. The van der Waals surface area contributed by atoms with Crippen LogP contribution in [0.2, 0.25) is 0 Å². The molecule has 0 saturated carbocycles. The molecule has 0 unspecified atom stereocenters. The van der Waals surface area contributed by atoms with Crippen LogP contribution in [-0.2, 0) is 11.3 Å². The van der Waals surface area contributed by atoms with Crippen molar-refractivity contribution in [3.8, 4) is 0 Å². The van der Waals surface area contributed by atoms with Gasteiger partial charge in [-0.25, -0.2) is 10.2 Å². The Morgan fingerprint density at radius 3 is 2.60 bits per heavy atom. The molecule has 4 nitrogen and oxygen atoms in total. The van der Waals surface area contributed by atoms with Crippen LogP contribution in [0.5, 0.6) is 0 Å². The van der Waals surface area contributed by atoms with E-state index in [0.717, 1.165) is 15.7 Å². The number of carbonyl (C=O) groups excluding carboxylic acids is 1. The van der Waals surface area contributed by atoms with Crippen molar-refractivity contribution in [3.63, 3.8) is 0 Å². The Labute approximate surface area is 126 Å². The van der Waals surface area contributed by atoms with Crippen LogP contribution in [0.4, 0.5) is 5.69 Å². The highest BCUT2D eigenvalue weighted by molar-refractivity contribution is 9.10. The summed E-state index contributed by atoms with van der Waals surface area (Å²) in [7, 11) is 1.38. The number of esters is 1. The molecule has 0 spiro atoms. The molecule has 0 atom stereocenters. The molecule has 5 heteroatoms. The van der Waals surface area contributed by atoms with Crippen LogP contribution < -0.4 is 10.9 Å². The third kappa shape index (κ3) is 3.59.